The molecular weight excluding hydrogens is 238 g/mol. The van der Waals surface area contributed by atoms with Crippen LogP contribution >= 0.6 is 11.6 Å². The lowest BCUT2D eigenvalue weighted by Crippen LogP contribution is -2.17. The summed E-state index contributed by atoms with van der Waals surface area (Å²) in [4.78, 5) is 10.7. The van der Waals surface area contributed by atoms with Gasteiger partial charge >= 0.3 is 0 Å². The molecule has 17 heavy (non-hydrogen) atoms. The minimum Gasteiger partial charge on any atom is -0.289 e. The Morgan fingerprint density at radius 3 is 1.65 bits per heavy atom. The fraction of sp³-hybridized carbons (Fsp3) is 0.923. The zero-order valence-corrected chi connectivity index (χ0v) is 11.5. The maximum absolute atomic E-state index is 10.7. The molecule has 0 heterocycles. The van der Waals surface area contributed by atoms with Crippen LogP contribution in [0.5, 0.6) is 0 Å². The fourth-order valence-corrected chi connectivity index (χ4v) is 2.04. The van der Waals surface area contributed by atoms with E-state index in [-0.39, 0.29) is 5.91 Å². The summed E-state index contributed by atoms with van der Waals surface area (Å²) < 4.78 is 0. The number of alkyl halides is 1. The molecule has 0 rings (SSSR count). The standard InChI is InChI=1S/C13H26ClNO2/c14-12-10-8-6-4-2-1-3-5-7-9-11-13(16)15-17/h17H,1-12H2,(H,15,16). The first kappa shape index (κ1) is 16.7. The van der Waals surface area contributed by atoms with Gasteiger partial charge in [0, 0.05) is 12.3 Å². The Hall–Kier alpha value is -0.280. The monoisotopic (exact) mass is 263 g/mol. The van der Waals surface area contributed by atoms with Crippen LogP contribution in [0, 0.1) is 0 Å². The molecule has 0 aliphatic heterocycles. The first-order valence-electron chi connectivity index (χ1n) is 6.80. The van der Waals surface area contributed by atoms with E-state index in [1.54, 1.807) is 5.48 Å². The van der Waals surface area contributed by atoms with Gasteiger partial charge in [0.25, 0.3) is 0 Å². The average Bonchev–Trinajstić information content (AvgIpc) is 2.35. The fourth-order valence-electron chi connectivity index (χ4n) is 1.85. The van der Waals surface area contributed by atoms with Crippen LogP contribution < -0.4 is 5.48 Å². The number of carbonyl (C=O) groups is 1. The van der Waals surface area contributed by atoms with Gasteiger partial charge in [-0.3, -0.25) is 10.0 Å². The Morgan fingerprint density at radius 2 is 1.24 bits per heavy atom. The third-order valence-electron chi connectivity index (χ3n) is 2.91. The minimum absolute atomic E-state index is 0.274. The molecule has 0 bridgehead atoms. The Kier molecular flexibility index (Phi) is 13.6. The van der Waals surface area contributed by atoms with Crippen LogP contribution in [0.1, 0.15) is 70.6 Å². The highest BCUT2D eigenvalue weighted by Crippen LogP contribution is 2.11. The Balaban J connectivity index is 2.96. The highest BCUT2D eigenvalue weighted by molar-refractivity contribution is 6.17. The van der Waals surface area contributed by atoms with Crippen LogP contribution in [0.2, 0.25) is 0 Å². The highest BCUT2D eigenvalue weighted by atomic mass is 35.5. The molecule has 0 saturated carbocycles. The van der Waals surface area contributed by atoms with Crippen LogP contribution in [-0.2, 0) is 4.79 Å². The van der Waals surface area contributed by atoms with Gasteiger partial charge in [0.2, 0.25) is 5.91 Å². The summed E-state index contributed by atoms with van der Waals surface area (Å²) in [5.41, 5.74) is 1.65. The smallest absolute Gasteiger partial charge is 0.243 e. The van der Waals surface area contributed by atoms with Gasteiger partial charge < -0.3 is 0 Å². The first-order valence-corrected chi connectivity index (χ1v) is 7.33. The van der Waals surface area contributed by atoms with Crippen molar-refractivity contribution in [3.05, 3.63) is 0 Å². The van der Waals surface area contributed by atoms with Crippen molar-refractivity contribution in [3.8, 4) is 0 Å². The number of nitrogens with one attached hydrogen (secondary N) is 1. The summed E-state index contributed by atoms with van der Waals surface area (Å²) in [7, 11) is 0. The maximum atomic E-state index is 10.7. The second kappa shape index (κ2) is 13.8. The zero-order valence-electron chi connectivity index (χ0n) is 10.7. The van der Waals surface area contributed by atoms with Crippen molar-refractivity contribution in [2.45, 2.75) is 70.6 Å². The Bertz CT molecular complexity index is 177. The molecule has 0 unspecified atom stereocenters. The normalized spacial score (nSPS) is 10.5. The molecule has 0 fully saturated rings. The number of halogens is 1. The molecule has 2 N–H and O–H groups in total. The predicted octanol–water partition coefficient (Wildman–Crippen LogP) is 4.02. The zero-order chi connectivity index (χ0) is 12.8. The van der Waals surface area contributed by atoms with Crippen molar-refractivity contribution in [2.75, 3.05) is 5.88 Å². The molecule has 102 valence electrons. The second-order valence-corrected chi connectivity index (χ2v) is 4.89. The van der Waals surface area contributed by atoms with E-state index in [9.17, 15) is 4.79 Å². The summed E-state index contributed by atoms with van der Waals surface area (Å²) in [5, 5.41) is 8.29. The van der Waals surface area contributed by atoms with E-state index >= 15 is 0 Å². The average molecular weight is 264 g/mol. The third-order valence-corrected chi connectivity index (χ3v) is 3.18. The van der Waals surface area contributed by atoms with E-state index in [1.807, 2.05) is 0 Å². The van der Waals surface area contributed by atoms with Gasteiger partial charge in [-0.2, -0.15) is 0 Å². The molecule has 4 heteroatoms. The Morgan fingerprint density at radius 1 is 0.824 bits per heavy atom. The summed E-state index contributed by atoms with van der Waals surface area (Å²) in [6.07, 6.45) is 12.5. The van der Waals surface area contributed by atoms with Crippen LogP contribution in [0.15, 0.2) is 0 Å². The molecule has 0 aliphatic carbocycles. The van der Waals surface area contributed by atoms with Crippen molar-refractivity contribution in [2.24, 2.45) is 0 Å². The lowest BCUT2D eigenvalue weighted by molar-refractivity contribution is -0.129. The number of unbranched alkanes of at least 4 members (excludes halogenated alkanes) is 9. The van der Waals surface area contributed by atoms with Crippen LogP contribution in [0.25, 0.3) is 0 Å². The first-order chi connectivity index (χ1) is 8.31. The maximum Gasteiger partial charge on any atom is 0.243 e. The molecule has 0 aromatic carbocycles. The Labute approximate surface area is 110 Å². The molecule has 0 aliphatic rings. The van der Waals surface area contributed by atoms with Crippen molar-refractivity contribution in [1.82, 2.24) is 5.48 Å². The number of hydrogen-bond donors (Lipinski definition) is 2. The van der Waals surface area contributed by atoms with Crippen LogP contribution in [0.3, 0.4) is 0 Å². The van der Waals surface area contributed by atoms with Crippen molar-refractivity contribution in [1.29, 1.82) is 0 Å². The molecule has 0 saturated heterocycles. The molecule has 0 atom stereocenters. The van der Waals surface area contributed by atoms with E-state index < -0.39 is 0 Å². The van der Waals surface area contributed by atoms with Crippen molar-refractivity contribution >= 4 is 17.5 Å². The van der Waals surface area contributed by atoms with Gasteiger partial charge in [0.1, 0.15) is 0 Å². The SMILES string of the molecule is O=C(CCCCCCCCCCCCCl)NO. The lowest BCUT2D eigenvalue weighted by Gasteiger charge is -2.02. The van der Waals surface area contributed by atoms with Gasteiger partial charge in [-0.1, -0.05) is 51.4 Å². The highest BCUT2D eigenvalue weighted by Gasteiger charge is 1.98. The predicted molar refractivity (Wildman–Crippen MR) is 71.4 cm³/mol. The number of amides is 1. The van der Waals surface area contributed by atoms with Gasteiger partial charge in [0.15, 0.2) is 0 Å². The number of hydroxylamine groups is 1. The molecule has 3 nitrogen and oxygen atoms in total. The topological polar surface area (TPSA) is 49.3 Å². The number of hydrogen-bond acceptors (Lipinski definition) is 2. The molecule has 0 spiro atoms. The number of rotatable bonds is 12. The summed E-state index contributed by atoms with van der Waals surface area (Å²) in [5.74, 6) is 0.519. The molecule has 0 aromatic heterocycles. The van der Waals surface area contributed by atoms with Crippen LogP contribution in [-0.4, -0.2) is 17.0 Å². The summed E-state index contributed by atoms with van der Waals surface area (Å²) >= 11 is 5.60. The molecular formula is C13H26ClNO2. The van der Waals surface area contributed by atoms with Gasteiger partial charge in [-0.05, 0) is 12.8 Å². The van der Waals surface area contributed by atoms with E-state index in [2.05, 4.69) is 0 Å². The lowest BCUT2D eigenvalue weighted by atomic mass is 10.1. The molecule has 0 aromatic rings. The van der Waals surface area contributed by atoms with E-state index in [0.717, 1.165) is 25.1 Å². The second-order valence-electron chi connectivity index (χ2n) is 4.51. The minimum atomic E-state index is -0.274. The van der Waals surface area contributed by atoms with E-state index in [1.165, 1.54) is 44.9 Å². The summed E-state index contributed by atoms with van der Waals surface area (Å²) in [6.45, 7) is 0. The largest absolute Gasteiger partial charge is 0.289 e. The van der Waals surface area contributed by atoms with E-state index in [4.69, 9.17) is 16.8 Å². The van der Waals surface area contributed by atoms with E-state index in [0.29, 0.717) is 6.42 Å². The number of carbonyl (C=O) groups excluding carboxylic acids is 1. The molecule has 0 radical (unpaired) electrons. The quantitative estimate of drug-likeness (QED) is 0.242. The van der Waals surface area contributed by atoms with Gasteiger partial charge in [-0.25, -0.2) is 5.48 Å². The van der Waals surface area contributed by atoms with Gasteiger partial charge in [0.05, 0.1) is 0 Å². The molecule has 1 amide bonds. The third kappa shape index (κ3) is 13.7. The van der Waals surface area contributed by atoms with Crippen LogP contribution in [0.4, 0.5) is 0 Å². The summed E-state index contributed by atoms with van der Waals surface area (Å²) in [6, 6.07) is 0. The van der Waals surface area contributed by atoms with Crippen molar-refractivity contribution < 1.29 is 10.0 Å². The van der Waals surface area contributed by atoms with Crippen molar-refractivity contribution in [3.63, 3.8) is 0 Å². The van der Waals surface area contributed by atoms with Gasteiger partial charge in [-0.15, -0.1) is 11.6 Å².